The van der Waals surface area contributed by atoms with Crippen molar-refractivity contribution in [3.63, 3.8) is 0 Å². The quantitative estimate of drug-likeness (QED) is 0.712. The molecule has 0 radical (unpaired) electrons. The molecule has 0 saturated heterocycles. The fraction of sp³-hybridized carbons (Fsp3) is 0.462. The summed E-state index contributed by atoms with van der Waals surface area (Å²) >= 11 is 2.60. The molecule has 0 atom stereocenters. The van der Waals surface area contributed by atoms with Gasteiger partial charge in [-0.3, -0.25) is 4.79 Å². The summed E-state index contributed by atoms with van der Waals surface area (Å²) in [5, 5.41) is 13.1. The number of nitrogens with zero attached hydrogens (tertiary/aromatic N) is 6. The number of fused-ring (bicyclic) bond motifs is 1. The van der Waals surface area contributed by atoms with Crippen LogP contribution in [0.25, 0.3) is 4.96 Å². The molecule has 3 aromatic rings. The van der Waals surface area contributed by atoms with E-state index in [-0.39, 0.29) is 11.0 Å². The third-order valence-corrected chi connectivity index (χ3v) is 5.08. The minimum absolute atomic E-state index is 0.181. The minimum atomic E-state index is -0.206. The predicted octanol–water partition coefficient (Wildman–Crippen LogP) is 1.47. The van der Waals surface area contributed by atoms with Crippen molar-refractivity contribution in [2.45, 2.75) is 49.0 Å². The molecule has 8 nitrogen and oxygen atoms in total. The van der Waals surface area contributed by atoms with Crippen molar-refractivity contribution in [1.82, 2.24) is 29.5 Å². The van der Waals surface area contributed by atoms with Crippen molar-refractivity contribution in [2.24, 2.45) is 0 Å². The van der Waals surface area contributed by atoms with E-state index in [4.69, 9.17) is 5.84 Å². The molecule has 3 heterocycles. The Morgan fingerprint density at radius 3 is 2.70 bits per heavy atom. The maximum absolute atomic E-state index is 12.0. The van der Waals surface area contributed by atoms with Crippen molar-refractivity contribution in [2.75, 3.05) is 5.84 Å². The van der Waals surface area contributed by atoms with Crippen molar-refractivity contribution < 1.29 is 0 Å². The summed E-state index contributed by atoms with van der Waals surface area (Å²) in [4.78, 5) is 17.0. The average molecular weight is 351 g/mol. The summed E-state index contributed by atoms with van der Waals surface area (Å²) in [6.45, 7) is 8.01. The van der Waals surface area contributed by atoms with Crippen LogP contribution in [0.2, 0.25) is 0 Å². The van der Waals surface area contributed by atoms with Gasteiger partial charge >= 0.3 is 0 Å². The largest absolute Gasteiger partial charge is 0.336 e. The van der Waals surface area contributed by atoms with Crippen LogP contribution in [-0.2, 0) is 11.8 Å². The van der Waals surface area contributed by atoms with E-state index in [1.54, 1.807) is 0 Å². The van der Waals surface area contributed by atoms with E-state index < -0.39 is 0 Å². The zero-order chi connectivity index (χ0) is 16.8. The molecule has 0 amide bonds. The minimum Gasteiger partial charge on any atom is -0.336 e. The van der Waals surface area contributed by atoms with Gasteiger partial charge in [-0.05, 0) is 18.2 Å². The zero-order valence-electron chi connectivity index (χ0n) is 13.3. The molecule has 10 heteroatoms. The van der Waals surface area contributed by atoms with Gasteiger partial charge in [-0.25, -0.2) is 9.66 Å². The van der Waals surface area contributed by atoms with Crippen LogP contribution < -0.4 is 11.4 Å². The molecule has 0 aliphatic rings. The number of aryl methyl sites for hydroxylation is 1. The highest BCUT2D eigenvalue weighted by Crippen LogP contribution is 2.30. The Labute approximate surface area is 140 Å². The highest BCUT2D eigenvalue weighted by molar-refractivity contribution is 8.01. The number of hydrogen-bond donors (Lipinski definition) is 1. The molecule has 0 aliphatic heterocycles. The number of rotatable bonds is 3. The first-order valence-corrected chi connectivity index (χ1v) is 8.71. The monoisotopic (exact) mass is 351 g/mol. The first kappa shape index (κ1) is 15.9. The molecule has 3 rings (SSSR count). The number of nitrogens with two attached hydrogens (primary N) is 1. The van der Waals surface area contributed by atoms with Gasteiger partial charge in [-0.1, -0.05) is 39.0 Å². The van der Waals surface area contributed by atoms with E-state index in [1.807, 2.05) is 27.7 Å². The molecular formula is C13H17N7OS2. The maximum atomic E-state index is 12.0. The molecule has 122 valence electrons. The van der Waals surface area contributed by atoms with E-state index in [0.29, 0.717) is 26.7 Å². The van der Waals surface area contributed by atoms with Crippen LogP contribution in [0, 0.1) is 0 Å². The Morgan fingerprint density at radius 2 is 2.09 bits per heavy atom. The molecular weight excluding hydrogens is 334 g/mol. The SMILES string of the molecule is CCc1cc(=O)n2nc(Sc3nnc(C(C)(C)C)n3N)sc2n1. The van der Waals surface area contributed by atoms with Crippen LogP contribution in [0.15, 0.2) is 20.4 Å². The molecule has 0 unspecified atom stereocenters. The van der Waals surface area contributed by atoms with Crippen LogP contribution in [0.4, 0.5) is 0 Å². The molecule has 2 N–H and O–H groups in total. The van der Waals surface area contributed by atoms with Crippen LogP contribution in [0.5, 0.6) is 0 Å². The third-order valence-electron chi connectivity index (χ3n) is 3.16. The first-order valence-electron chi connectivity index (χ1n) is 7.08. The number of nitrogen functional groups attached to an aromatic ring is 1. The van der Waals surface area contributed by atoms with E-state index in [0.717, 1.165) is 5.69 Å². The van der Waals surface area contributed by atoms with Crippen molar-refractivity contribution in [1.29, 1.82) is 0 Å². The fourth-order valence-corrected chi connectivity index (χ4v) is 3.82. The molecule has 0 saturated carbocycles. The van der Waals surface area contributed by atoms with E-state index in [1.165, 1.54) is 38.4 Å². The predicted molar refractivity (Wildman–Crippen MR) is 89.5 cm³/mol. The van der Waals surface area contributed by atoms with Crippen LogP contribution >= 0.6 is 23.1 Å². The van der Waals surface area contributed by atoms with Crippen LogP contribution in [-0.4, -0.2) is 29.5 Å². The number of hydrogen-bond acceptors (Lipinski definition) is 8. The summed E-state index contributed by atoms with van der Waals surface area (Å²) in [6, 6.07) is 1.50. The standard InChI is InChI=1S/C13H17N7OS2/c1-5-7-6-8(21)20-10(15-7)22-12(18-20)23-11-17-16-9(19(11)14)13(2,3)4/h6H,5,14H2,1-4H3. The Morgan fingerprint density at radius 1 is 1.35 bits per heavy atom. The second-order valence-electron chi connectivity index (χ2n) is 6.03. The van der Waals surface area contributed by atoms with Gasteiger partial charge in [0.05, 0.1) is 0 Å². The van der Waals surface area contributed by atoms with Gasteiger partial charge in [0.25, 0.3) is 5.56 Å². The zero-order valence-corrected chi connectivity index (χ0v) is 14.9. The Hall–Kier alpha value is -1.94. The second-order valence-corrected chi connectivity index (χ2v) is 8.20. The molecule has 23 heavy (non-hydrogen) atoms. The molecule has 0 spiro atoms. The summed E-state index contributed by atoms with van der Waals surface area (Å²) in [5.74, 6) is 6.76. The summed E-state index contributed by atoms with van der Waals surface area (Å²) in [6.07, 6.45) is 0.707. The first-order chi connectivity index (χ1) is 10.8. The highest BCUT2D eigenvalue weighted by Gasteiger charge is 2.24. The number of aromatic nitrogens is 6. The van der Waals surface area contributed by atoms with E-state index >= 15 is 0 Å². The molecule has 0 fully saturated rings. The smallest absolute Gasteiger partial charge is 0.275 e. The van der Waals surface area contributed by atoms with Gasteiger partial charge in [-0.2, -0.15) is 4.52 Å². The van der Waals surface area contributed by atoms with Crippen LogP contribution in [0.3, 0.4) is 0 Å². The molecule has 3 aromatic heterocycles. The second kappa shape index (κ2) is 5.60. The van der Waals surface area contributed by atoms with E-state index in [9.17, 15) is 4.79 Å². The fourth-order valence-electron chi connectivity index (χ4n) is 2.00. The summed E-state index contributed by atoms with van der Waals surface area (Å²) in [7, 11) is 0. The maximum Gasteiger partial charge on any atom is 0.275 e. The highest BCUT2D eigenvalue weighted by atomic mass is 32.2. The van der Waals surface area contributed by atoms with Gasteiger partial charge in [0.15, 0.2) is 10.2 Å². The lowest BCUT2D eigenvalue weighted by Crippen LogP contribution is -2.24. The van der Waals surface area contributed by atoms with Crippen molar-refractivity contribution in [3.05, 3.63) is 27.9 Å². The van der Waals surface area contributed by atoms with Crippen molar-refractivity contribution in [3.8, 4) is 0 Å². The lowest BCUT2D eigenvalue weighted by atomic mass is 9.96. The van der Waals surface area contributed by atoms with Gasteiger partial charge in [0.2, 0.25) is 10.1 Å². The Bertz CT molecular complexity index is 919. The van der Waals surface area contributed by atoms with Crippen molar-refractivity contribution >= 4 is 28.1 Å². The topological polar surface area (TPSA) is 104 Å². The van der Waals surface area contributed by atoms with Gasteiger partial charge in [0.1, 0.15) is 0 Å². The van der Waals surface area contributed by atoms with Crippen LogP contribution in [0.1, 0.15) is 39.2 Å². The molecule has 0 aromatic carbocycles. The summed E-state index contributed by atoms with van der Waals surface area (Å²) in [5.41, 5.74) is 0.370. The van der Waals surface area contributed by atoms with E-state index in [2.05, 4.69) is 20.3 Å². The molecule has 0 aliphatic carbocycles. The van der Waals surface area contributed by atoms with Gasteiger partial charge in [0, 0.05) is 17.2 Å². The van der Waals surface area contributed by atoms with Gasteiger partial charge < -0.3 is 5.84 Å². The lowest BCUT2D eigenvalue weighted by molar-refractivity contribution is 0.523. The Balaban J connectivity index is 1.98. The normalized spacial score (nSPS) is 12.2. The average Bonchev–Trinajstić information content (AvgIpc) is 3.03. The lowest BCUT2D eigenvalue weighted by Gasteiger charge is -2.16. The van der Waals surface area contributed by atoms with Gasteiger partial charge in [-0.15, -0.1) is 15.3 Å². The summed E-state index contributed by atoms with van der Waals surface area (Å²) < 4.78 is 3.40. The third kappa shape index (κ3) is 2.95. The molecule has 0 bridgehead atoms. The Kier molecular flexibility index (Phi) is 3.88.